The van der Waals surface area contributed by atoms with E-state index >= 15 is 0 Å². The highest BCUT2D eigenvalue weighted by Gasteiger charge is 2.23. The van der Waals surface area contributed by atoms with Crippen LogP contribution in [0.1, 0.15) is 36.1 Å². The van der Waals surface area contributed by atoms with Crippen LogP contribution >= 0.6 is 0 Å². The summed E-state index contributed by atoms with van der Waals surface area (Å²) in [5.41, 5.74) is 0.653. The van der Waals surface area contributed by atoms with E-state index in [-0.39, 0.29) is 18.2 Å². The average Bonchev–Trinajstić information content (AvgIpc) is 2.47. The zero-order chi connectivity index (χ0) is 15.4. The van der Waals surface area contributed by atoms with Gasteiger partial charge in [0.2, 0.25) is 0 Å². The van der Waals surface area contributed by atoms with Gasteiger partial charge in [0.15, 0.2) is 5.69 Å². The number of hydrogen-bond acceptors (Lipinski definition) is 6. The lowest BCUT2D eigenvalue weighted by atomic mass is 10.2. The molecule has 0 amide bonds. The van der Waals surface area contributed by atoms with E-state index in [1.807, 2.05) is 18.7 Å². The molecule has 2 heterocycles. The normalized spacial score (nSPS) is 16.5. The van der Waals surface area contributed by atoms with E-state index in [9.17, 15) is 9.90 Å². The van der Waals surface area contributed by atoms with Crippen LogP contribution in [0.15, 0.2) is 6.20 Å². The van der Waals surface area contributed by atoms with Gasteiger partial charge in [-0.05, 0) is 0 Å². The standard InChI is InChI=1S/C14H22N4O3/c1-10(2)13-15-9-11(12(16-13)14(20)21)18-5-3-17(4-6-18)7-8-19/h9-10,19H,3-8H2,1-2H3,(H,20,21). The molecule has 0 unspecified atom stereocenters. The van der Waals surface area contributed by atoms with Gasteiger partial charge >= 0.3 is 5.97 Å². The van der Waals surface area contributed by atoms with Crippen molar-refractivity contribution in [3.63, 3.8) is 0 Å². The summed E-state index contributed by atoms with van der Waals surface area (Å²) < 4.78 is 0. The van der Waals surface area contributed by atoms with E-state index < -0.39 is 5.97 Å². The van der Waals surface area contributed by atoms with Crippen molar-refractivity contribution in [1.82, 2.24) is 14.9 Å². The molecule has 7 nitrogen and oxygen atoms in total. The predicted molar refractivity (Wildman–Crippen MR) is 78.8 cm³/mol. The fraction of sp³-hybridized carbons (Fsp3) is 0.643. The monoisotopic (exact) mass is 294 g/mol. The molecule has 2 rings (SSSR count). The quantitative estimate of drug-likeness (QED) is 0.813. The summed E-state index contributed by atoms with van der Waals surface area (Å²) in [5.74, 6) is -0.374. The summed E-state index contributed by atoms with van der Waals surface area (Å²) in [6, 6.07) is 0. The zero-order valence-corrected chi connectivity index (χ0v) is 12.5. The second-order valence-corrected chi connectivity index (χ2v) is 5.47. The minimum absolute atomic E-state index is 0.0734. The molecule has 1 aromatic rings. The van der Waals surface area contributed by atoms with Crippen molar-refractivity contribution in [3.8, 4) is 0 Å². The second-order valence-electron chi connectivity index (χ2n) is 5.47. The van der Waals surface area contributed by atoms with Crippen molar-refractivity contribution < 1.29 is 15.0 Å². The number of aliphatic hydroxyl groups is 1. The molecule has 21 heavy (non-hydrogen) atoms. The average molecular weight is 294 g/mol. The van der Waals surface area contributed by atoms with Crippen molar-refractivity contribution in [3.05, 3.63) is 17.7 Å². The van der Waals surface area contributed by atoms with Gasteiger partial charge in [0.1, 0.15) is 5.82 Å². The number of anilines is 1. The fourth-order valence-electron chi connectivity index (χ4n) is 2.41. The number of carbonyl (C=O) groups is 1. The molecular formula is C14H22N4O3. The third-order valence-corrected chi connectivity index (χ3v) is 3.64. The van der Waals surface area contributed by atoms with Crippen LogP contribution < -0.4 is 4.90 Å². The SMILES string of the molecule is CC(C)c1ncc(N2CCN(CCO)CC2)c(C(=O)O)n1. The van der Waals surface area contributed by atoms with Crippen molar-refractivity contribution in [1.29, 1.82) is 0 Å². The van der Waals surface area contributed by atoms with E-state index in [0.717, 1.165) is 13.1 Å². The molecule has 1 aliphatic heterocycles. The van der Waals surface area contributed by atoms with Crippen molar-refractivity contribution >= 4 is 11.7 Å². The van der Waals surface area contributed by atoms with Crippen LogP contribution in [-0.2, 0) is 0 Å². The lowest BCUT2D eigenvalue weighted by molar-refractivity contribution is 0.0690. The first-order chi connectivity index (χ1) is 10.0. The zero-order valence-electron chi connectivity index (χ0n) is 12.5. The van der Waals surface area contributed by atoms with Gasteiger partial charge in [-0.3, -0.25) is 4.90 Å². The third kappa shape index (κ3) is 3.68. The van der Waals surface area contributed by atoms with Gasteiger partial charge in [-0.25, -0.2) is 14.8 Å². The number of aromatic carboxylic acids is 1. The number of β-amino-alcohol motifs (C(OH)–C–C–N with tert-alkyl or cyclic N) is 1. The van der Waals surface area contributed by atoms with Crippen LogP contribution in [0.2, 0.25) is 0 Å². The third-order valence-electron chi connectivity index (χ3n) is 3.64. The summed E-state index contributed by atoms with van der Waals surface area (Å²) in [6.07, 6.45) is 1.62. The highest BCUT2D eigenvalue weighted by molar-refractivity contribution is 5.92. The van der Waals surface area contributed by atoms with Crippen molar-refractivity contribution in [2.45, 2.75) is 19.8 Å². The maximum Gasteiger partial charge on any atom is 0.356 e. The van der Waals surface area contributed by atoms with Gasteiger partial charge in [-0.2, -0.15) is 0 Å². The van der Waals surface area contributed by atoms with Crippen LogP contribution in [0.4, 0.5) is 5.69 Å². The first kappa shape index (κ1) is 15.7. The van der Waals surface area contributed by atoms with E-state index in [4.69, 9.17) is 5.11 Å². The van der Waals surface area contributed by atoms with Crippen molar-refractivity contribution in [2.75, 3.05) is 44.2 Å². The van der Waals surface area contributed by atoms with Crippen molar-refractivity contribution in [2.24, 2.45) is 0 Å². The number of carboxylic acids is 1. The maximum atomic E-state index is 11.4. The molecule has 2 N–H and O–H groups in total. The molecular weight excluding hydrogens is 272 g/mol. The Morgan fingerprint density at radius 3 is 2.52 bits per heavy atom. The molecule has 0 aliphatic carbocycles. The van der Waals surface area contributed by atoms with E-state index in [0.29, 0.717) is 31.1 Å². The smallest absolute Gasteiger partial charge is 0.356 e. The van der Waals surface area contributed by atoms with Crippen LogP contribution in [0.5, 0.6) is 0 Å². The summed E-state index contributed by atoms with van der Waals surface area (Å²) in [7, 11) is 0. The van der Waals surface area contributed by atoms with Gasteiger partial charge in [0, 0.05) is 38.6 Å². The van der Waals surface area contributed by atoms with Gasteiger partial charge in [-0.1, -0.05) is 13.8 Å². The van der Waals surface area contributed by atoms with Crippen LogP contribution in [0, 0.1) is 0 Å². The summed E-state index contributed by atoms with van der Waals surface area (Å²) >= 11 is 0. The molecule has 1 fully saturated rings. The van der Waals surface area contributed by atoms with Gasteiger partial charge in [0.05, 0.1) is 18.5 Å². The molecule has 0 bridgehead atoms. The number of hydrogen-bond donors (Lipinski definition) is 2. The molecule has 116 valence electrons. The summed E-state index contributed by atoms with van der Waals surface area (Å²) in [4.78, 5) is 24.1. The number of nitrogens with zero attached hydrogens (tertiary/aromatic N) is 4. The molecule has 0 radical (unpaired) electrons. The highest BCUT2D eigenvalue weighted by atomic mass is 16.4. The Labute approximate surface area is 124 Å². The van der Waals surface area contributed by atoms with E-state index in [1.54, 1.807) is 6.20 Å². The molecule has 0 atom stereocenters. The Hall–Kier alpha value is -1.73. The van der Waals surface area contributed by atoms with Gasteiger partial charge in [0.25, 0.3) is 0 Å². The van der Waals surface area contributed by atoms with E-state index in [1.165, 1.54) is 0 Å². The largest absolute Gasteiger partial charge is 0.476 e. The van der Waals surface area contributed by atoms with Crippen LogP contribution in [-0.4, -0.2) is 70.4 Å². The second kappa shape index (κ2) is 6.82. The molecule has 1 aromatic heterocycles. The Kier molecular flexibility index (Phi) is 5.08. The number of carboxylic acid groups (broad SMARTS) is 1. The molecule has 1 saturated heterocycles. The van der Waals surface area contributed by atoms with Gasteiger partial charge in [-0.15, -0.1) is 0 Å². The molecule has 0 spiro atoms. The predicted octanol–water partition coefficient (Wildman–Crippen LogP) is 0.413. The van der Waals surface area contributed by atoms with Gasteiger partial charge < -0.3 is 15.1 Å². The Morgan fingerprint density at radius 2 is 2.00 bits per heavy atom. The first-order valence-corrected chi connectivity index (χ1v) is 7.21. The Morgan fingerprint density at radius 1 is 1.33 bits per heavy atom. The lowest BCUT2D eigenvalue weighted by Gasteiger charge is -2.35. The maximum absolute atomic E-state index is 11.4. The summed E-state index contributed by atoms with van der Waals surface area (Å²) in [6.45, 7) is 7.70. The molecule has 7 heteroatoms. The summed E-state index contributed by atoms with van der Waals surface area (Å²) in [5, 5.41) is 18.3. The number of piperazine rings is 1. The molecule has 0 aromatic carbocycles. The fourth-order valence-corrected chi connectivity index (χ4v) is 2.41. The van der Waals surface area contributed by atoms with Crippen LogP contribution in [0.3, 0.4) is 0 Å². The Balaban J connectivity index is 2.18. The minimum atomic E-state index is -1.02. The topological polar surface area (TPSA) is 89.8 Å². The first-order valence-electron chi connectivity index (χ1n) is 7.21. The number of rotatable bonds is 5. The highest BCUT2D eigenvalue weighted by Crippen LogP contribution is 2.21. The van der Waals surface area contributed by atoms with Crippen LogP contribution in [0.25, 0.3) is 0 Å². The Bertz CT molecular complexity index is 499. The molecule has 0 saturated carbocycles. The lowest BCUT2D eigenvalue weighted by Crippen LogP contribution is -2.47. The minimum Gasteiger partial charge on any atom is -0.476 e. The molecule has 1 aliphatic rings. The van der Waals surface area contributed by atoms with E-state index in [2.05, 4.69) is 14.9 Å². The number of aliphatic hydroxyl groups excluding tert-OH is 1. The number of aromatic nitrogens is 2.